The second kappa shape index (κ2) is 11.7. The van der Waals surface area contributed by atoms with Gasteiger partial charge in [0, 0.05) is 25.8 Å². The molecule has 2 unspecified atom stereocenters. The van der Waals surface area contributed by atoms with E-state index in [0.29, 0.717) is 22.8 Å². The van der Waals surface area contributed by atoms with Gasteiger partial charge in [-0.2, -0.15) is 0 Å². The van der Waals surface area contributed by atoms with Gasteiger partial charge in [0.1, 0.15) is 17.3 Å². The van der Waals surface area contributed by atoms with E-state index < -0.39 is 20.5 Å². The summed E-state index contributed by atoms with van der Waals surface area (Å²) in [5, 5.41) is 9.54. The molecular weight excluding hydrogens is 575 g/mol. The van der Waals surface area contributed by atoms with Gasteiger partial charge in [0.15, 0.2) is 0 Å². The zero-order chi connectivity index (χ0) is 28.5. The van der Waals surface area contributed by atoms with E-state index in [2.05, 4.69) is 0 Å². The van der Waals surface area contributed by atoms with Crippen molar-refractivity contribution in [1.29, 1.82) is 0 Å². The van der Waals surface area contributed by atoms with Crippen LogP contribution in [0, 0.1) is 0 Å². The summed E-state index contributed by atoms with van der Waals surface area (Å²) < 4.78 is 18.0. The van der Waals surface area contributed by atoms with E-state index in [1.54, 1.807) is 37.6 Å². The molecule has 0 amide bonds. The summed E-state index contributed by atoms with van der Waals surface area (Å²) in [6.07, 6.45) is 3.74. The molecule has 4 aromatic carbocycles. The highest BCUT2D eigenvalue weighted by atomic mass is 32.2. The van der Waals surface area contributed by atoms with Gasteiger partial charge in [-0.1, -0.05) is 72.1 Å². The van der Waals surface area contributed by atoms with Gasteiger partial charge < -0.3 is 23.8 Å². The van der Waals surface area contributed by atoms with E-state index in [0.717, 1.165) is 41.8 Å². The van der Waals surface area contributed by atoms with Gasteiger partial charge in [0.2, 0.25) is 0 Å². The van der Waals surface area contributed by atoms with Gasteiger partial charge in [-0.3, -0.25) is 4.79 Å². The summed E-state index contributed by atoms with van der Waals surface area (Å²) in [7, 11) is -0.779. The number of rotatable bonds is 7. The predicted molar refractivity (Wildman–Crippen MR) is 164 cm³/mol. The first-order chi connectivity index (χ1) is 19.9. The number of hydrogen-bond acceptors (Lipinski definition) is 7. The molecule has 6 rings (SSSR count). The Morgan fingerprint density at radius 3 is 2.22 bits per heavy atom. The van der Waals surface area contributed by atoms with E-state index in [1.165, 1.54) is 0 Å². The Kier molecular flexibility index (Phi) is 7.82. The van der Waals surface area contributed by atoms with E-state index in [4.69, 9.17) is 13.8 Å². The second-order valence-electron chi connectivity index (χ2n) is 9.37. The van der Waals surface area contributed by atoms with Gasteiger partial charge in [-0.15, -0.1) is 0 Å². The lowest BCUT2D eigenvalue weighted by atomic mass is 9.98. The highest BCUT2D eigenvalue weighted by Crippen LogP contribution is 2.52. The van der Waals surface area contributed by atoms with Gasteiger partial charge in [0.25, 0.3) is 0 Å². The number of benzene rings is 4. The lowest BCUT2D eigenvalue weighted by Crippen LogP contribution is -2.07. The van der Waals surface area contributed by atoms with Crippen molar-refractivity contribution in [3.05, 3.63) is 113 Å². The maximum absolute atomic E-state index is 11.6. The van der Waals surface area contributed by atoms with Crippen LogP contribution >= 0.6 is 32.1 Å². The largest absolute Gasteiger partial charge is 0.496 e. The van der Waals surface area contributed by atoms with Crippen LogP contribution in [0.15, 0.2) is 105 Å². The van der Waals surface area contributed by atoms with Gasteiger partial charge in [-0.25, -0.2) is 0 Å². The average molecular weight is 601 g/mol. The zero-order valence-electron chi connectivity index (χ0n) is 22.1. The van der Waals surface area contributed by atoms with Crippen molar-refractivity contribution in [1.82, 2.24) is 0 Å². The van der Waals surface area contributed by atoms with Crippen LogP contribution in [0.25, 0.3) is 23.7 Å². The molecule has 0 saturated carbocycles. The maximum atomic E-state index is 11.6. The fraction of sp³-hybridized carbons (Fsp3) is 0.0938. The molecule has 0 radical (unpaired) electrons. The highest BCUT2D eigenvalue weighted by Gasteiger charge is 2.26. The van der Waals surface area contributed by atoms with Crippen LogP contribution < -0.4 is 4.74 Å². The number of carbonyl (C=O) groups is 1. The number of fused-ring (bicyclic) bond motifs is 4. The lowest BCUT2D eigenvalue weighted by Gasteiger charge is -2.19. The molecule has 0 spiro atoms. The quantitative estimate of drug-likeness (QED) is 0.204. The first-order valence-corrected chi connectivity index (χ1v) is 15.5. The van der Waals surface area contributed by atoms with Crippen LogP contribution in [-0.2, 0) is 13.8 Å². The van der Waals surface area contributed by atoms with E-state index in [9.17, 15) is 14.8 Å². The molecule has 206 valence electrons. The molecule has 0 fully saturated rings. The SMILES string of the molecule is COc1cccc2c1Sc1ccccc1C=C2OP(O)OC1=Cc2cc(C(C)C(=O)O)ccc2Sc2ccccc21. The maximum Gasteiger partial charge on any atom is 0.460 e. The number of methoxy groups -OCH3 is 1. The molecule has 0 saturated heterocycles. The van der Waals surface area contributed by atoms with Gasteiger partial charge in [0.05, 0.1) is 17.9 Å². The minimum Gasteiger partial charge on any atom is -0.496 e. The summed E-state index contributed by atoms with van der Waals surface area (Å²) in [6.45, 7) is 1.66. The second-order valence-corrected chi connectivity index (χ2v) is 12.3. The summed E-state index contributed by atoms with van der Waals surface area (Å²) >= 11 is 3.15. The van der Waals surface area contributed by atoms with Crippen molar-refractivity contribution in [3.8, 4) is 5.75 Å². The monoisotopic (exact) mass is 600 g/mol. The van der Waals surface area contributed by atoms with Crippen molar-refractivity contribution in [2.24, 2.45) is 0 Å². The average Bonchev–Trinajstić information content (AvgIpc) is 3.23. The summed E-state index contributed by atoms with van der Waals surface area (Å²) in [4.78, 5) is 26.7. The molecule has 41 heavy (non-hydrogen) atoms. The number of carboxylic acid groups (broad SMARTS) is 1. The Bertz CT molecular complexity index is 1720. The van der Waals surface area contributed by atoms with E-state index in [1.807, 2.05) is 97.1 Å². The van der Waals surface area contributed by atoms with E-state index >= 15 is 0 Å². The molecule has 2 aliphatic rings. The highest BCUT2D eigenvalue weighted by molar-refractivity contribution is 7.99. The number of ether oxygens (including phenoxy) is 1. The molecule has 0 aliphatic carbocycles. The molecular formula is C32H25O6PS2. The third-order valence-electron chi connectivity index (χ3n) is 6.80. The van der Waals surface area contributed by atoms with Gasteiger partial charge >= 0.3 is 14.6 Å². The van der Waals surface area contributed by atoms with Crippen molar-refractivity contribution >= 4 is 61.8 Å². The lowest BCUT2D eigenvalue weighted by molar-refractivity contribution is -0.138. The Morgan fingerprint density at radius 2 is 1.44 bits per heavy atom. The third-order valence-corrected chi connectivity index (χ3v) is 9.89. The predicted octanol–water partition coefficient (Wildman–Crippen LogP) is 8.76. The fourth-order valence-electron chi connectivity index (χ4n) is 4.62. The summed E-state index contributed by atoms with van der Waals surface area (Å²) in [5.74, 6) is 0.0696. The number of aliphatic carboxylic acids is 1. The summed E-state index contributed by atoms with van der Waals surface area (Å²) in [6, 6.07) is 27.1. The first kappa shape index (κ1) is 27.5. The summed E-state index contributed by atoms with van der Waals surface area (Å²) in [5.41, 5.74) is 4.05. The molecule has 2 N–H and O–H groups in total. The molecule has 2 heterocycles. The molecule has 2 aliphatic heterocycles. The minimum atomic E-state index is -2.41. The number of carboxylic acids is 1. The molecule has 0 bridgehead atoms. The van der Waals surface area contributed by atoms with Crippen LogP contribution in [0.2, 0.25) is 0 Å². The third kappa shape index (κ3) is 5.61. The van der Waals surface area contributed by atoms with E-state index in [-0.39, 0.29) is 0 Å². The zero-order valence-corrected chi connectivity index (χ0v) is 24.6. The molecule has 2 atom stereocenters. The Balaban J connectivity index is 1.37. The van der Waals surface area contributed by atoms with Crippen LogP contribution in [0.1, 0.15) is 40.7 Å². The minimum absolute atomic E-state index is 0.440. The van der Waals surface area contributed by atoms with Crippen LogP contribution in [0.3, 0.4) is 0 Å². The fourth-order valence-corrected chi connectivity index (χ4v) is 7.47. The van der Waals surface area contributed by atoms with Crippen LogP contribution in [0.5, 0.6) is 5.75 Å². The van der Waals surface area contributed by atoms with Crippen molar-refractivity contribution < 1.29 is 28.6 Å². The van der Waals surface area contributed by atoms with Crippen LogP contribution in [-0.4, -0.2) is 23.1 Å². The topological polar surface area (TPSA) is 85.2 Å². The Morgan fingerprint density at radius 1 is 0.780 bits per heavy atom. The van der Waals surface area contributed by atoms with Crippen molar-refractivity contribution in [2.45, 2.75) is 32.4 Å². The Hall–Kier alpha value is -3.68. The Labute approximate surface area is 247 Å². The molecule has 0 aromatic heterocycles. The van der Waals surface area contributed by atoms with Gasteiger partial charge in [-0.05, 0) is 72.2 Å². The first-order valence-electron chi connectivity index (χ1n) is 12.8. The number of hydrogen-bond donors (Lipinski definition) is 2. The van der Waals surface area contributed by atoms with Crippen LogP contribution in [0.4, 0.5) is 0 Å². The molecule has 9 heteroatoms. The molecule has 4 aromatic rings. The molecule has 6 nitrogen and oxygen atoms in total. The smallest absolute Gasteiger partial charge is 0.460 e. The normalized spacial score (nSPS) is 14.8. The van der Waals surface area contributed by atoms with Crippen molar-refractivity contribution in [2.75, 3.05) is 7.11 Å². The standard InChI is InChI=1S/C32H25O6PS2/c1-19(32(33)34)20-14-15-29-22(16-20)18-26(23-9-4-6-13-30(23)40-29)37-39(35)38-27-17-21-8-3-5-12-28(21)41-31-24(27)10-7-11-25(31)36-2/h3-19,35H,1-2H3,(H,33,34). The van der Waals surface area contributed by atoms with Crippen molar-refractivity contribution in [3.63, 3.8) is 0 Å².